The second-order valence-electron chi connectivity index (χ2n) is 4.23. The highest BCUT2D eigenvalue weighted by Crippen LogP contribution is 2.20. The third-order valence-electron chi connectivity index (χ3n) is 2.66. The van der Waals surface area contributed by atoms with Crippen LogP contribution in [0.5, 0.6) is 0 Å². The van der Waals surface area contributed by atoms with Gasteiger partial charge in [0.1, 0.15) is 0 Å². The first-order valence-electron chi connectivity index (χ1n) is 5.76. The molecule has 1 aromatic carbocycles. The minimum atomic E-state index is -3.74. The van der Waals surface area contributed by atoms with Crippen molar-refractivity contribution in [3.8, 4) is 0 Å². The number of hydrogen-bond acceptors (Lipinski definition) is 3. The molecule has 1 aromatic rings. The number of aryl methyl sites for hydroxylation is 1. The summed E-state index contributed by atoms with van der Waals surface area (Å²) >= 11 is 5.78. The molecule has 0 fully saturated rings. The minimum absolute atomic E-state index is 0.112. The van der Waals surface area contributed by atoms with E-state index in [1.165, 1.54) is 12.1 Å². The summed E-state index contributed by atoms with van der Waals surface area (Å²) in [4.78, 5) is 10.8. The number of benzene rings is 1. The van der Waals surface area contributed by atoms with Gasteiger partial charge in [-0.3, -0.25) is 4.79 Å². The lowest BCUT2D eigenvalue weighted by Gasteiger charge is -2.16. The second kappa shape index (κ2) is 6.36. The zero-order chi connectivity index (χ0) is 14.6. The van der Waals surface area contributed by atoms with Gasteiger partial charge >= 0.3 is 5.97 Å². The Morgan fingerprint density at radius 2 is 2.11 bits per heavy atom. The fourth-order valence-electron chi connectivity index (χ4n) is 1.68. The van der Waals surface area contributed by atoms with E-state index in [0.29, 0.717) is 17.0 Å². The van der Waals surface area contributed by atoms with Gasteiger partial charge in [0.2, 0.25) is 10.0 Å². The van der Waals surface area contributed by atoms with Crippen molar-refractivity contribution in [3.63, 3.8) is 0 Å². The number of rotatable bonds is 6. The number of carbonyl (C=O) groups is 1. The van der Waals surface area contributed by atoms with E-state index in [1.54, 1.807) is 19.9 Å². The molecule has 0 heterocycles. The number of carboxylic acids is 1. The molecular formula is C12H16ClNO4S. The van der Waals surface area contributed by atoms with Crippen LogP contribution in [0.4, 0.5) is 0 Å². The number of carboxylic acid groups (broad SMARTS) is 1. The van der Waals surface area contributed by atoms with E-state index in [-0.39, 0.29) is 11.3 Å². The van der Waals surface area contributed by atoms with Crippen molar-refractivity contribution in [3.05, 3.63) is 28.8 Å². The van der Waals surface area contributed by atoms with Crippen LogP contribution < -0.4 is 4.72 Å². The molecule has 19 heavy (non-hydrogen) atoms. The van der Waals surface area contributed by atoms with Crippen molar-refractivity contribution < 1.29 is 18.3 Å². The summed E-state index contributed by atoms with van der Waals surface area (Å²) in [6.45, 7) is 3.36. The van der Waals surface area contributed by atoms with E-state index < -0.39 is 22.0 Å². The second-order valence-corrected chi connectivity index (χ2v) is 6.35. The first kappa shape index (κ1) is 15.9. The highest BCUT2D eigenvalue weighted by molar-refractivity contribution is 7.89. The van der Waals surface area contributed by atoms with Gasteiger partial charge in [-0.25, -0.2) is 13.1 Å². The van der Waals surface area contributed by atoms with E-state index in [1.807, 2.05) is 0 Å². The highest BCUT2D eigenvalue weighted by atomic mass is 35.5. The van der Waals surface area contributed by atoms with Gasteiger partial charge in [0.05, 0.1) is 11.3 Å². The monoisotopic (exact) mass is 305 g/mol. The van der Waals surface area contributed by atoms with Crippen LogP contribution in [0.3, 0.4) is 0 Å². The molecule has 2 N–H and O–H groups in total. The molecule has 0 aliphatic heterocycles. The summed E-state index contributed by atoms with van der Waals surface area (Å²) in [5.41, 5.74) is 0.519. The van der Waals surface area contributed by atoms with Crippen LogP contribution in [0.25, 0.3) is 0 Å². The van der Waals surface area contributed by atoms with Crippen LogP contribution in [0, 0.1) is 6.92 Å². The number of aliphatic carboxylic acids is 1. The van der Waals surface area contributed by atoms with Gasteiger partial charge in [0.15, 0.2) is 0 Å². The van der Waals surface area contributed by atoms with Crippen molar-refractivity contribution in [1.82, 2.24) is 4.72 Å². The first-order valence-corrected chi connectivity index (χ1v) is 7.62. The molecule has 0 aromatic heterocycles. The van der Waals surface area contributed by atoms with Crippen molar-refractivity contribution >= 4 is 27.6 Å². The normalized spacial score (nSPS) is 13.2. The van der Waals surface area contributed by atoms with E-state index >= 15 is 0 Å². The molecule has 0 aliphatic carbocycles. The molecular weight excluding hydrogens is 290 g/mol. The molecule has 1 rings (SSSR count). The molecule has 0 saturated heterocycles. The Morgan fingerprint density at radius 1 is 1.47 bits per heavy atom. The Kier molecular flexibility index (Phi) is 5.34. The SMILES string of the molecule is CCC(CC(=O)O)NS(=O)(=O)c1ccc(Cl)cc1C. The van der Waals surface area contributed by atoms with Gasteiger partial charge < -0.3 is 5.11 Å². The van der Waals surface area contributed by atoms with Crippen molar-refractivity contribution in [2.45, 2.75) is 37.6 Å². The zero-order valence-electron chi connectivity index (χ0n) is 10.7. The van der Waals surface area contributed by atoms with Crippen LogP contribution in [-0.4, -0.2) is 25.5 Å². The predicted molar refractivity (Wildman–Crippen MR) is 72.8 cm³/mol. The summed E-state index contributed by atoms with van der Waals surface area (Å²) in [5, 5.41) is 9.17. The third kappa shape index (κ3) is 4.49. The standard InChI is InChI=1S/C12H16ClNO4S/c1-3-10(7-12(15)16)14-19(17,18)11-5-4-9(13)6-8(11)2/h4-6,10,14H,3,7H2,1-2H3,(H,15,16). The molecule has 0 aliphatic rings. The minimum Gasteiger partial charge on any atom is -0.481 e. The summed E-state index contributed by atoms with van der Waals surface area (Å²) in [5.74, 6) is -1.04. The van der Waals surface area contributed by atoms with Gasteiger partial charge in [0, 0.05) is 11.1 Å². The smallest absolute Gasteiger partial charge is 0.304 e. The first-order chi connectivity index (χ1) is 8.76. The Hall–Kier alpha value is -1.11. The van der Waals surface area contributed by atoms with Crippen LogP contribution in [0.1, 0.15) is 25.3 Å². The van der Waals surface area contributed by atoms with Crippen molar-refractivity contribution in [1.29, 1.82) is 0 Å². The molecule has 7 heteroatoms. The van der Waals surface area contributed by atoms with E-state index in [9.17, 15) is 13.2 Å². The van der Waals surface area contributed by atoms with Crippen LogP contribution in [0.15, 0.2) is 23.1 Å². The van der Waals surface area contributed by atoms with E-state index in [4.69, 9.17) is 16.7 Å². The highest BCUT2D eigenvalue weighted by Gasteiger charge is 2.22. The maximum absolute atomic E-state index is 12.2. The van der Waals surface area contributed by atoms with Crippen LogP contribution >= 0.6 is 11.6 Å². The summed E-state index contributed by atoms with van der Waals surface area (Å²) in [6.07, 6.45) is 0.153. The molecule has 106 valence electrons. The lowest BCUT2D eigenvalue weighted by atomic mass is 10.2. The van der Waals surface area contributed by atoms with E-state index in [2.05, 4.69) is 4.72 Å². The predicted octanol–water partition coefficient (Wildman–Crippen LogP) is 2.18. The number of halogens is 1. The van der Waals surface area contributed by atoms with Crippen molar-refractivity contribution in [2.24, 2.45) is 0 Å². The van der Waals surface area contributed by atoms with Crippen LogP contribution in [-0.2, 0) is 14.8 Å². The largest absolute Gasteiger partial charge is 0.481 e. The lowest BCUT2D eigenvalue weighted by molar-refractivity contribution is -0.137. The van der Waals surface area contributed by atoms with Gasteiger partial charge in [-0.1, -0.05) is 18.5 Å². The molecule has 1 unspecified atom stereocenters. The Labute approximate surface area is 117 Å². The molecule has 0 spiro atoms. The molecule has 1 atom stereocenters. The molecule has 0 amide bonds. The topological polar surface area (TPSA) is 83.5 Å². The Morgan fingerprint density at radius 3 is 2.58 bits per heavy atom. The average Bonchev–Trinajstić information content (AvgIpc) is 2.26. The Balaban J connectivity index is 3.00. The molecule has 5 nitrogen and oxygen atoms in total. The van der Waals surface area contributed by atoms with E-state index in [0.717, 1.165) is 0 Å². The zero-order valence-corrected chi connectivity index (χ0v) is 12.3. The van der Waals surface area contributed by atoms with Crippen molar-refractivity contribution in [2.75, 3.05) is 0 Å². The lowest BCUT2D eigenvalue weighted by Crippen LogP contribution is -2.36. The maximum atomic E-state index is 12.2. The van der Waals surface area contributed by atoms with Gasteiger partial charge in [-0.2, -0.15) is 0 Å². The average molecular weight is 306 g/mol. The molecule has 0 bridgehead atoms. The maximum Gasteiger partial charge on any atom is 0.304 e. The fraction of sp³-hybridized carbons (Fsp3) is 0.417. The molecule has 0 saturated carbocycles. The summed E-state index contributed by atoms with van der Waals surface area (Å²) in [7, 11) is -3.74. The fourth-order valence-corrected chi connectivity index (χ4v) is 3.45. The van der Waals surface area contributed by atoms with Gasteiger partial charge in [-0.15, -0.1) is 0 Å². The third-order valence-corrected chi connectivity index (χ3v) is 4.58. The number of nitrogens with one attached hydrogen (secondary N) is 1. The quantitative estimate of drug-likeness (QED) is 0.844. The Bertz CT molecular complexity index is 571. The van der Waals surface area contributed by atoms with Gasteiger partial charge in [0.25, 0.3) is 0 Å². The molecule has 0 radical (unpaired) electrons. The van der Waals surface area contributed by atoms with Gasteiger partial charge in [-0.05, 0) is 37.1 Å². The number of hydrogen-bond donors (Lipinski definition) is 2. The van der Waals surface area contributed by atoms with Crippen LogP contribution in [0.2, 0.25) is 5.02 Å². The summed E-state index contributed by atoms with van der Waals surface area (Å²) < 4.78 is 26.7. The number of sulfonamides is 1. The summed E-state index contributed by atoms with van der Waals surface area (Å²) in [6, 6.07) is 3.82.